The van der Waals surface area contributed by atoms with Gasteiger partial charge in [0.2, 0.25) is 0 Å². The zero-order chi connectivity index (χ0) is 15.0. The molecule has 1 aromatic carbocycles. The molecular weight excluding hydrogens is 256 g/mol. The van der Waals surface area contributed by atoms with Crippen LogP contribution >= 0.6 is 0 Å². The van der Waals surface area contributed by atoms with Gasteiger partial charge < -0.3 is 10.2 Å². The Morgan fingerprint density at radius 2 is 2.00 bits per heavy atom. The van der Waals surface area contributed by atoms with E-state index in [0.717, 1.165) is 30.8 Å². The van der Waals surface area contributed by atoms with Crippen LogP contribution in [-0.4, -0.2) is 37.1 Å². The highest BCUT2D eigenvalue weighted by atomic mass is 15.1. The van der Waals surface area contributed by atoms with E-state index in [4.69, 9.17) is 0 Å². The summed E-state index contributed by atoms with van der Waals surface area (Å²) in [6.45, 7) is 10.2. The van der Waals surface area contributed by atoms with Gasteiger partial charge in [0.25, 0.3) is 0 Å². The van der Waals surface area contributed by atoms with Gasteiger partial charge in [0.15, 0.2) is 0 Å². The molecule has 0 amide bonds. The molecule has 116 valence electrons. The summed E-state index contributed by atoms with van der Waals surface area (Å²) in [5, 5.41) is 3.58. The van der Waals surface area contributed by atoms with Gasteiger partial charge in [-0.25, -0.2) is 0 Å². The highest BCUT2D eigenvalue weighted by Crippen LogP contribution is 2.59. The van der Waals surface area contributed by atoms with Gasteiger partial charge in [-0.2, -0.15) is 0 Å². The molecule has 1 fully saturated rings. The first-order valence-corrected chi connectivity index (χ1v) is 8.47. The minimum atomic E-state index is 0.230. The van der Waals surface area contributed by atoms with Crippen LogP contribution in [0.2, 0.25) is 0 Å². The van der Waals surface area contributed by atoms with Gasteiger partial charge in [0, 0.05) is 25.2 Å². The van der Waals surface area contributed by atoms with Crippen molar-refractivity contribution in [1.29, 1.82) is 0 Å². The maximum absolute atomic E-state index is 3.58. The molecule has 0 bridgehead atoms. The van der Waals surface area contributed by atoms with Gasteiger partial charge in [0.05, 0.1) is 0 Å². The van der Waals surface area contributed by atoms with Gasteiger partial charge in [-0.15, -0.1) is 0 Å². The minimum Gasteiger partial charge on any atom is -0.311 e. The van der Waals surface area contributed by atoms with Crippen LogP contribution in [0.25, 0.3) is 0 Å². The lowest BCUT2D eigenvalue weighted by molar-refractivity contribution is 0.293. The Hall–Kier alpha value is -0.860. The lowest BCUT2D eigenvalue weighted by atomic mass is 9.92. The van der Waals surface area contributed by atoms with E-state index in [1.807, 2.05) is 0 Å². The zero-order valence-electron chi connectivity index (χ0n) is 14.0. The predicted octanol–water partition coefficient (Wildman–Crippen LogP) is 3.28. The Labute approximate surface area is 129 Å². The summed E-state index contributed by atoms with van der Waals surface area (Å²) in [7, 11) is 2.28. The fourth-order valence-electron chi connectivity index (χ4n) is 4.03. The monoisotopic (exact) mass is 286 g/mol. The average Bonchev–Trinajstić information content (AvgIpc) is 3.11. The van der Waals surface area contributed by atoms with Crippen LogP contribution in [0.15, 0.2) is 24.3 Å². The SMILES string of the molecule is CN(CCNC(C)(C)C)CC1C2CCc3ccccc3C21. The molecule has 0 heterocycles. The molecule has 2 aliphatic rings. The van der Waals surface area contributed by atoms with Crippen molar-refractivity contribution >= 4 is 0 Å². The van der Waals surface area contributed by atoms with E-state index in [2.05, 4.69) is 62.3 Å². The molecule has 2 nitrogen and oxygen atoms in total. The maximum Gasteiger partial charge on any atom is 0.0104 e. The van der Waals surface area contributed by atoms with Crippen molar-refractivity contribution in [1.82, 2.24) is 10.2 Å². The van der Waals surface area contributed by atoms with Crippen molar-refractivity contribution < 1.29 is 0 Å². The molecular formula is C19H30N2. The summed E-state index contributed by atoms with van der Waals surface area (Å²) in [4.78, 5) is 2.52. The first kappa shape index (κ1) is 15.1. The zero-order valence-corrected chi connectivity index (χ0v) is 14.0. The number of rotatable bonds is 5. The van der Waals surface area contributed by atoms with Crippen molar-refractivity contribution in [2.45, 2.75) is 45.1 Å². The van der Waals surface area contributed by atoms with Crippen molar-refractivity contribution in [2.24, 2.45) is 11.8 Å². The molecule has 21 heavy (non-hydrogen) atoms. The quantitative estimate of drug-likeness (QED) is 0.893. The van der Waals surface area contributed by atoms with E-state index in [0.29, 0.717) is 0 Å². The largest absolute Gasteiger partial charge is 0.311 e. The number of nitrogens with one attached hydrogen (secondary N) is 1. The van der Waals surface area contributed by atoms with Gasteiger partial charge in [-0.05, 0) is 69.5 Å². The normalized spacial score (nSPS) is 27.4. The van der Waals surface area contributed by atoms with Crippen LogP contribution in [0.1, 0.15) is 44.2 Å². The summed E-state index contributed by atoms with van der Waals surface area (Å²) >= 11 is 0. The maximum atomic E-state index is 3.58. The highest BCUT2D eigenvalue weighted by molar-refractivity contribution is 5.39. The fraction of sp³-hybridized carbons (Fsp3) is 0.684. The van der Waals surface area contributed by atoms with E-state index >= 15 is 0 Å². The van der Waals surface area contributed by atoms with Crippen molar-refractivity contribution in [3.05, 3.63) is 35.4 Å². The second kappa shape index (κ2) is 5.73. The minimum absolute atomic E-state index is 0.230. The van der Waals surface area contributed by atoms with E-state index in [1.165, 1.54) is 19.4 Å². The van der Waals surface area contributed by atoms with Crippen LogP contribution in [-0.2, 0) is 6.42 Å². The molecule has 3 rings (SSSR count). The van der Waals surface area contributed by atoms with Gasteiger partial charge in [-0.3, -0.25) is 0 Å². The van der Waals surface area contributed by atoms with Crippen LogP contribution in [0.4, 0.5) is 0 Å². The third-order valence-corrected chi connectivity index (χ3v) is 5.16. The van der Waals surface area contributed by atoms with E-state index < -0.39 is 0 Å². The molecule has 1 N–H and O–H groups in total. The van der Waals surface area contributed by atoms with Gasteiger partial charge >= 0.3 is 0 Å². The molecule has 2 heteroatoms. The smallest absolute Gasteiger partial charge is 0.0104 e. The average molecular weight is 286 g/mol. The number of fused-ring (bicyclic) bond motifs is 3. The first-order chi connectivity index (χ1) is 9.96. The molecule has 1 saturated carbocycles. The van der Waals surface area contributed by atoms with Crippen LogP contribution in [0.3, 0.4) is 0 Å². The number of hydrogen-bond acceptors (Lipinski definition) is 2. The molecule has 1 aromatic rings. The molecule has 0 spiro atoms. The number of likely N-dealkylation sites (N-methyl/N-ethyl adjacent to an activating group) is 1. The number of aryl methyl sites for hydroxylation is 1. The second-order valence-corrected chi connectivity index (χ2v) is 8.03. The highest BCUT2D eigenvalue weighted by Gasteiger charge is 2.52. The van der Waals surface area contributed by atoms with Gasteiger partial charge in [0.1, 0.15) is 0 Å². The summed E-state index contributed by atoms with van der Waals surface area (Å²) < 4.78 is 0. The Kier molecular flexibility index (Phi) is 4.11. The topological polar surface area (TPSA) is 15.3 Å². The summed E-state index contributed by atoms with van der Waals surface area (Å²) in [6, 6.07) is 9.11. The summed E-state index contributed by atoms with van der Waals surface area (Å²) in [5.41, 5.74) is 3.49. The molecule has 0 aromatic heterocycles. The summed E-state index contributed by atoms with van der Waals surface area (Å²) in [5.74, 6) is 2.71. The molecule has 0 radical (unpaired) electrons. The van der Waals surface area contributed by atoms with Crippen LogP contribution in [0, 0.1) is 11.8 Å². The number of nitrogens with zero attached hydrogens (tertiary/aromatic N) is 1. The fourth-order valence-corrected chi connectivity index (χ4v) is 4.03. The standard InChI is InChI=1S/C19H30N2/c1-19(2,3)20-11-12-21(4)13-17-16-10-9-14-7-5-6-8-15(14)18(16)17/h5-8,16-18,20H,9-13H2,1-4H3. The van der Waals surface area contributed by atoms with E-state index in [-0.39, 0.29) is 5.54 Å². The third-order valence-electron chi connectivity index (χ3n) is 5.16. The summed E-state index contributed by atoms with van der Waals surface area (Å²) in [6.07, 6.45) is 2.70. The van der Waals surface area contributed by atoms with Gasteiger partial charge in [-0.1, -0.05) is 24.3 Å². The first-order valence-electron chi connectivity index (χ1n) is 8.47. The lowest BCUT2D eigenvalue weighted by Gasteiger charge is -2.23. The Morgan fingerprint density at radius 3 is 2.76 bits per heavy atom. The van der Waals surface area contributed by atoms with Crippen molar-refractivity contribution in [3.8, 4) is 0 Å². The lowest BCUT2D eigenvalue weighted by Crippen LogP contribution is -2.41. The van der Waals surface area contributed by atoms with Crippen LogP contribution < -0.4 is 5.32 Å². The number of benzene rings is 1. The van der Waals surface area contributed by atoms with Crippen LogP contribution in [0.5, 0.6) is 0 Å². The number of hydrogen-bond donors (Lipinski definition) is 1. The van der Waals surface area contributed by atoms with Crippen molar-refractivity contribution in [2.75, 3.05) is 26.7 Å². The molecule has 2 aliphatic carbocycles. The molecule has 0 aliphatic heterocycles. The van der Waals surface area contributed by atoms with Crippen molar-refractivity contribution in [3.63, 3.8) is 0 Å². The second-order valence-electron chi connectivity index (χ2n) is 8.03. The predicted molar refractivity (Wildman–Crippen MR) is 89.7 cm³/mol. The molecule has 3 atom stereocenters. The van der Waals surface area contributed by atoms with E-state index in [1.54, 1.807) is 11.1 Å². The molecule has 0 saturated heterocycles. The molecule has 3 unspecified atom stereocenters. The third kappa shape index (κ3) is 3.49. The Bertz CT molecular complexity index is 489. The van der Waals surface area contributed by atoms with E-state index in [9.17, 15) is 0 Å². The Morgan fingerprint density at radius 1 is 1.24 bits per heavy atom. The Balaban J connectivity index is 1.50.